The summed E-state index contributed by atoms with van der Waals surface area (Å²) in [6, 6.07) is 3.68. The molecule has 1 saturated carbocycles. The van der Waals surface area contributed by atoms with Crippen LogP contribution < -0.4 is 14.2 Å². The van der Waals surface area contributed by atoms with Crippen LogP contribution in [0.3, 0.4) is 0 Å². The Hall–Kier alpha value is -2.70. The number of benzene rings is 1. The number of fused-ring (bicyclic) bond motifs is 2. The fourth-order valence-corrected chi connectivity index (χ4v) is 5.38. The summed E-state index contributed by atoms with van der Waals surface area (Å²) < 4.78 is 21.1. The molecule has 2 fully saturated rings. The summed E-state index contributed by atoms with van der Waals surface area (Å²) in [5.41, 5.74) is 1.06. The predicted octanol–water partition coefficient (Wildman–Crippen LogP) is 3.70. The number of carbonyl (C=O) groups excluding carboxylic acids is 2. The summed E-state index contributed by atoms with van der Waals surface area (Å²) in [5.74, 6) is 0.753. The highest BCUT2D eigenvalue weighted by Gasteiger charge is 2.50. The topological polar surface area (TPSA) is 74.3 Å². The summed E-state index contributed by atoms with van der Waals surface area (Å²) in [5, 5.41) is 0. The van der Waals surface area contributed by atoms with Crippen molar-refractivity contribution in [2.45, 2.75) is 46.1 Å². The number of esters is 1. The Morgan fingerprint density at radius 1 is 1.06 bits per heavy atom. The van der Waals surface area contributed by atoms with Crippen molar-refractivity contribution >= 4 is 18.0 Å². The second kappa shape index (κ2) is 8.81. The average molecular weight is 432 g/mol. The zero-order chi connectivity index (χ0) is 22.8. The Morgan fingerprint density at radius 2 is 1.71 bits per heavy atom. The van der Waals surface area contributed by atoms with E-state index in [0.29, 0.717) is 22.8 Å². The summed E-state index contributed by atoms with van der Waals surface area (Å²) in [4.78, 5) is 26.8. The average Bonchev–Trinajstić information content (AvgIpc) is 2.97. The van der Waals surface area contributed by atoms with Gasteiger partial charge in [-0.1, -0.05) is 20.8 Å². The number of carbonyl (C=O) groups is 2. The van der Waals surface area contributed by atoms with Gasteiger partial charge in [0.1, 0.15) is 0 Å². The van der Waals surface area contributed by atoms with Gasteiger partial charge in [0.2, 0.25) is 5.75 Å². The molecule has 2 bridgehead atoms. The first-order chi connectivity index (χ1) is 14.6. The summed E-state index contributed by atoms with van der Waals surface area (Å²) in [7, 11) is 4.58. The van der Waals surface area contributed by atoms with Crippen molar-refractivity contribution in [2.24, 2.45) is 10.8 Å². The lowest BCUT2D eigenvalue weighted by Gasteiger charge is -2.39. The first kappa shape index (κ1) is 23.0. The van der Waals surface area contributed by atoms with Crippen LogP contribution >= 0.6 is 0 Å². The molecule has 1 aromatic rings. The number of nitrogens with zero attached hydrogens (tertiary/aromatic N) is 1. The third-order valence-electron chi connectivity index (χ3n) is 6.17. The minimum atomic E-state index is -0.573. The van der Waals surface area contributed by atoms with E-state index in [2.05, 4.69) is 20.8 Å². The maximum atomic E-state index is 12.7. The first-order valence-electron chi connectivity index (χ1n) is 10.5. The molecule has 170 valence electrons. The van der Waals surface area contributed by atoms with Crippen LogP contribution in [-0.4, -0.2) is 57.3 Å². The van der Waals surface area contributed by atoms with Crippen LogP contribution in [0.25, 0.3) is 6.08 Å². The normalized spacial score (nSPS) is 24.2. The molecular formula is C24H33NO6. The molecule has 1 aromatic carbocycles. The van der Waals surface area contributed by atoms with Crippen molar-refractivity contribution in [1.29, 1.82) is 0 Å². The second-order valence-electron chi connectivity index (χ2n) is 9.64. The van der Waals surface area contributed by atoms with E-state index in [1.807, 2.05) is 4.90 Å². The van der Waals surface area contributed by atoms with Crippen LogP contribution in [0.5, 0.6) is 17.2 Å². The molecule has 1 saturated heterocycles. The third-order valence-corrected chi connectivity index (χ3v) is 6.17. The summed E-state index contributed by atoms with van der Waals surface area (Å²) in [6.45, 7) is 7.27. The molecule has 0 unspecified atom stereocenters. The number of rotatable bonds is 7. The van der Waals surface area contributed by atoms with Gasteiger partial charge in [-0.05, 0) is 53.9 Å². The molecule has 2 aliphatic rings. The van der Waals surface area contributed by atoms with Crippen molar-refractivity contribution in [3.05, 3.63) is 23.8 Å². The monoisotopic (exact) mass is 431 g/mol. The Bertz CT molecular complexity index is 852. The van der Waals surface area contributed by atoms with Gasteiger partial charge in [-0.3, -0.25) is 4.79 Å². The van der Waals surface area contributed by atoms with Crippen molar-refractivity contribution in [3.8, 4) is 17.2 Å². The molecule has 0 spiro atoms. The molecule has 1 heterocycles. The fraction of sp³-hybridized carbons (Fsp3) is 0.583. The lowest BCUT2D eigenvalue weighted by atomic mass is 9.65. The van der Waals surface area contributed by atoms with Gasteiger partial charge in [0.25, 0.3) is 5.91 Å². The lowest BCUT2D eigenvalue weighted by molar-refractivity contribution is -0.148. The number of hydrogen-bond donors (Lipinski definition) is 0. The Kier molecular flexibility index (Phi) is 6.53. The SMILES string of the molecule is COc1cc(/C=C/C(=O)OCC(=O)N2C[C@@]3(C)C[C@H]2CC(C)(C)C3)cc(OC)c1OC. The van der Waals surface area contributed by atoms with E-state index < -0.39 is 5.97 Å². The van der Waals surface area contributed by atoms with E-state index in [9.17, 15) is 9.59 Å². The highest BCUT2D eigenvalue weighted by atomic mass is 16.5. The quantitative estimate of drug-likeness (QED) is 0.484. The van der Waals surface area contributed by atoms with Gasteiger partial charge in [0, 0.05) is 18.7 Å². The molecule has 1 aliphatic carbocycles. The van der Waals surface area contributed by atoms with Gasteiger partial charge in [-0.2, -0.15) is 0 Å². The minimum Gasteiger partial charge on any atom is -0.493 e. The van der Waals surface area contributed by atoms with Crippen LogP contribution in [0, 0.1) is 10.8 Å². The van der Waals surface area contributed by atoms with Crippen molar-refractivity contribution in [3.63, 3.8) is 0 Å². The molecule has 0 radical (unpaired) electrons. The van der Waals surface area contributed by atoms with E-state index >= 15 is 0 Å². The molecule has 1 amide bonds. The predicted molar refractivity (Wildman–Crippen MR) is 117 cm³/mol. The smallest absolute Gasteiger partial charge is 0.331 e. The zero-order valence-corrected chi connectivity index (χ0v) is 19.3. The van der Waals surface area contributed by atoms with Gasteiger partial charge >= 0.3 is 5.97 Å². The highest BCUT2D eigenvalue weighted by molar-refractivity contribution is 5.89. The number of likely N-dealkylation sites (tertiary alicyclic amines) is 1. The molecule has 1 aliphatic heterocycles. The third kappa shape index (κ3) is 5.14. The number of hydrogen-bond acceptors (Lipinski definition) is 6. The first-order valence-corrected chi connectivity index (χ1v) is 10.5. The van der Waals surface area contributed by atoms with Gasteiger partial charge < -0.3 is 23.8 Å². The fourth-order valence-electron chi connectivity index (χ4n) is 5.38. The Balaban J connectivity index is 1.59. The van der Waals surface area contributed by atoms with Gasteiger partial charge in [-0.25, -0.2) is 4.79 Å². The molecular weight excluding hydrogens is 398 g/mol. The van der Waals surface area contributed by atoms with Gasteiger partial charge in [-0.15, -0.1) is 0 Å². The molecule has 0 aromatic heterocycles. The number of methoxy groups -OCH3 is 3. The van der Waals surface area contributed by atoms with Crippen molar-refractivity contribution < 1.29 is 28.5 Å². The lowest BCUT2D eigenvalue weighted by Crippen LogP contribution is -2.39. The van der Waals surface area contributed by atoms with E-state index in [1.165, 1.54) is 27.4 Å². The number of ether oxygens (including phenoxy) is 4. The maximum Gasteiger partial charge on any atom is 0.331 e. The largest absolute Gasteiger partial charge is 0.493 e. The van der Waals surface area contributed by atoms with Crippen LogP contribution in [0.1, 0.15) is 45.6 Å². The maximum absolute atomic E-state index is 12.7. The minimum absolute atomic E-state index is 0.124. The van der Waals surface area contributed by atoms with E-state index in [4.69, 9.17) is 18.9 Å². The standard InChI is InChI=1S/C24H33NO6/c1-23(2)11-17-12-24(3,14-23)15-25(17)20(26)13-31-21(27)8-7-16-9-18(28-4)22(30-6)19(10-16)29-5/h7-10,17H,11-15H2,1-6H3/b8-7+/t17-,24+/m1/s1. The highest BCUT2D eigenvalue weighted by Crippen LogP contribution is 2.52. The molecule has 7 heteroatoms. The second-order valence-corrected chi connectivity index (χ2v) is 9.64. The van der Waals surface area contributed by atoms with Gasteiger partial charge in [0.05, 0.1) is 21.3 Å². The molecule has 2 atom stereocenters. The van der Waals surface area contributed by atoms with E-state index in [1.54, 1.807) is 18.2 Å². The van der Waals surface area contributed by atoms with Crippen molar-refractivity contribution in [2.75, 3.05) is 34.5 Å². The van der Waals surface area contributed by atoms with Crippen LogP contribution in [0.15, 0.2) is 18.2 Å². The number of amides is 1. The van der Waals surface area contributed by atoms with Crippen LogP contribution in [-0.2, 0) is 14.3 Å². The summed E-state index contributed by atoms with van der Waals surface area (Å²) in [6.07, 6.45) is 6.00. The molecule has 31 heavy (non-hydrogen) atoms. The molecule has 3 rings (SSSR count). The van der Waals surface area contributed by atoms with Crippen LogP contribution in [0.2, 0.25) is 0 Å². The van der Waals surface area contributed by atoms with Crippen molar-refractivity contribution in [1.82, 2.24) is 4.90 Å². The zero-order valence-electron chi connectivity index (χ0n) is 19.3. The van der Waals surface area contributed by atoms with E-state index in [-0.39, 0.29) is 29.4 Å². The summed E-state index contributed by atoms with van der Waals surface area (Å²) >= 11 is 0. The molecule has 7 nitrogen and oxygen atoms in total. The Morgan fingerprint density at radius 3 is 2.29 bits per heavy atom. The van der Waals surface area contributed by atoms with Crippen LogP contribution in [0.4, 0.5) is 0 Å². The van der Waals surface area contributed by atoms with Gasteiger partial charge in [0.15, 0.2) is 18.1 Å². The molecule has 0 N–H and O–H groups in total. The Labute approximate surface area is 184 Å². The van der Waals surface area contributed by atoms with E-state index in [0.717, 1.165) is 25.8 Å².